The van der Waals surface area contributed by atoms with Crippen LogP contribution in [0.5, 0.6) is 17.5 Å². The van der Waals surface area contributed by atoms with E-state index in [1.165, 1.54) is 12.4 Å². The molecule has 0 saturated heterocycles. The van der Waals surface area contributed by atoms with Gasteiger partial charge in [0.05, 0.1) is 35.3 Å². The fraction of sp³-hybridized carbons (Fsp3) is 0.267. The lowest BCUT2D eigenvalue weighted by Gasteiger charge is -2.11. The first-order valence-electron chi connectivity index (χ1n) is 7.23. The number of hydrogen-bond acceptors (Lipinski definition) is 7. The average molecular weight is 404 g/mol. The van der Waals surface area contributed by atoms with E-state index in [1.807, 2.05) is 13.8 Å². The first-order valence-corrected chi connectivity index (χ1v) is 9.50. The van der Waals surface area contributed by atoms with Crippen LogP contribution in [-0.2, 0) is 10.0 Å². The fourth-order valence-electron chi connectivity index (χ4n) is 1.76. The lowest BCUT2D eigenvalue weighted by atomic mass is 10.2. The zero-order valence-electron chi connectivity index (χ0n) is 14.0. The van der Waals surface area contributed by atoms with Gasteiger partial charge in [-0.15, -0.1) is 0 Å². The van der Waals surface area contributed by atoms with Gasteiger partial charge in [0, 0.05) is 6.07 Å². The zero-order chi connectivity index (χ0) is 19.5. The molecule has 8 nitrogen and oxygen atoms in total. The van der Waals surface area contributed by atoms with Crippen molar-refractivity contribution in [3.63, 3.8) is 0 Å². The maximum atomic E-state index is 14.1. The number of hydrogen-bond donors (Lipinski definition) is 1. The molecular formula is C15H15ClFN3O5S. The highest BCUT2D eigenvalue weighted by Crippen LogP contribution is 2.31. The Hall–Kier alpha value is -2.46. The first kappa shape index (κ1) is 19.9. The van der Waals surface area contributed by atoms with Crippen molar-refractivity contribution >= 4 is 27.5 Å². The maximum Gasteiger partial charge on any atom is 0.316 e. The van der Waals surface area contributed by atoms with E-state index in [2.05, 4.69) is 9.97 Å². The molecule has 0 fully saturated rings. The Kier molecular flexibility index (Phi) is 5.98. The standard InChI is InChI=1S/C15H15ClFN3O5S/c1-8(2)24-15-18-6-9(7-19-15)25-13-5-12(17)10(4-11(13)16)14(21)20-26(3,22)23/h4-8H,1-3H3,(H,20,21). The quantitative estimate of drug-likeness (QED) is 0.789. The van der Waals surface area contributed by atoms with E-state index >= 15 is 0 Å². The third-order valence-corrected chi connectivity index (χ3v) is 3.57. The third kappa shape index (κ3) is 5.53. The molecule has 140 valence electrons. The van der Waals surface area contributed by atoms with Crippen LogP contribution in [0.1, 0.15) is 24.2 Å². The number of carbonyl (C=O) groups excluding carboxylic acids is 1. The summed E-state index contributed by atoms with van der Waals surface area (Å²) in [4.78, 5) is 19.6. The SMILES string of the molecule is CC(C)Oc1ncc(Oc2cc(F)c(C(=O)NS(C)(=O)=O)cc2Cl)cn1. The second kappa shape index (κ2) is 7.83. The van der Waals surface area contributed by atoms with E-state index in [1.54, 1.807) is 4.72 Å². The van der Waals surface area contributed by atoms with Crippen LogP contribution in [0.3, 0.4) is 0 Å². The van der Waals surface area contributed by atoms with Gasteiger partial charge < -0.3 is 9.47 Å². The number of amides is 1. The Bertz CT molecular complexity index is 920. The molecule has 1 heterocycles. The Morgan fingerprint density at radius 2 is 1.88 bits per heavy atom. The van der Waals surface area contributed by atoms with Gasteiger partial charge in [-0.25, -0.2) is 17.5 Å². The second-order valence-corrected chi connectivity index (χ2v) is 7.59. The minimum absolute atomic E-state index is 0.0961. The maximum absolute atomic E-state index is 14.1. The van der Waals surface area contributed by atoms with E-state index < -0.39 is 27.3 Å². The molecule has 26 heavy (non-hydrogen) atoms. The van der Waals surface area contributed by atoms with Gasteiger partial charge >= 0.3 is 6.01 Å². The Morgan fingerprint density at radius 3 is 2.42 bits per heavy atom. The topological polar surface area (TPSA) is 107 Å². The molecule has 0 unspecified atom stereocenters. The molecule has 2 rings (SSSR count). The molecular weight excluding hydrogens is 389 g/mol. The molecule has 0 aliphatic heterocycles. The summed E-state index contributed by atoms with van der Waals surface area (Å²) >= 11 is 5.98. The lowest BCUT2D eigenvalue weighted by molar-refractivity contribution is 0.0977. The van der Waals surface area contributed by atoms with Gasteiger partial charge in [0.25, 0.3) is 5.91 Å². The van der Waals surface area contributed by atoms with Crippen molar-refractivity contribution in [3.05, 3.63) is 40.9 Å². The molecule has 1 N–H and O–H groups in total. The van der Waals surface area contributed by atoms with Crippen LogP contribution < -0.4 is 14.2 Å². The molecule has 1 aromatic heterocycles. The highest BCUT2D eigenvalue weighted by Gasteiger charge is 2.19. The number of benzene rings is 1. The van der Waals surface area contributed by atoms with Crippen molar-refractivity contribution < 1.29 is 27.1 Å². The smallest absolute Gasteiger partial charge is 0.316 e. The molecule has 0 atom stereocenters. The summed E-state index contributed by atoms with van der Waals surface area (Å²) in [6, 6.07) is 1.97. The van der Waals surface area contributed by atoms with Crippen LogP contribution in [0, 0.1) is 5.82 Å². The van der Waals surface area contributed by atoms with Gasteiger partial charge in [-0.05, 0) is 19.9 Å². The predicted octanol–water partition coefficient (Wildman–Crippen LogP) is 2.54. The van der Waals surface area contributed by atoms with Crippen molar-refractivity contribution in [1.82, 2.24) is 14.7 Å². The Balaban J connectivity index is 2.21. The molecule has 0 bridgehead atoms. The molecule has 0 spiro atoms. The fourth-order valence-corrected chi connectivity index (χ4v) is 2.41. The van der Waals surface area contributed by atoms with Crippen LogP contribution in [0.4, 0.5) is 4.39 Å². The summed E-state index contributed by atoms with van der Waals surface area (Å²) in [6.45, 7) is 3.63. The van der Waals surface area contributed by atoms with E-state index in [-0.39, 0.29) is 28.6 Å². The van der Waals surface area contributed by atoms with Crippen LogP contribution in [-0.4, -0.2) is 36.7 Å². The van der Waals surface area contributed by atoms with Crippen molar-refractivity contribution in [2.24, 2.45) is 0 Å². The molecule has 0 radical (unpaired) electrons. The van der Waals surface area contributed by atoms with Crippen molar-refractivity contribution in [3.8, 4) is 17.5 Å². The van der Waals surface area contributed by atoms with Gasteiger partial charge in [0.15, 0.2) is 5.75 Å². The third-order valence-electron chi connectivity index (χ3n) is 2.72. The van der Waals surface area contributed by atoms with Gasteiger partial charge in [-0.3, -0.25) is 4.79 Å². The lowest BCUT2D eigenvalue weighted by Crippen LogP contribution is -2.30. The van der Waals surface area contributed by atoms with Gasteiger partial charge in [0.1, 0.15) is 11.6 Å². The van der Waals surface area contributed by atoms with E-state index in [0.717, 1.165) is 18.4 Å². The number of aromatic nitrogens is 2. The molecule has 2 aromatic rings. The van der Waals surface area contributed by atoms with Gasteiger partial charge in [-0.2, -0.15) is 9.97 Å². The molecule has 0 aliphatic carbocycles. The van der Waals surface area contributed by atoms with Crippen molar-refractivity contribution in [2.45, 2.75) is 20.0 Å². The minimum atomic E-state index is -3.84. The predicted molar refractivity (Wildman–Crippen MR) is 91.6 cm³/mol. The summed E-state index contributed by atoms with van der Waals surface area (Å²) in [7, 11) is -3.84. The van der Waals surface area contributed by atoms with Gasteiger partial charge in [-0.1, -0.05) is 11.6 Å². The second-order valence-electron chi connectivity index (χ2n) is 5.44. The molecule has 1 amide bonds. The number of carbonyl (C=O) groups is 1. The largest absolute Gasteiger partial charge is 0.461 e. The molecule has 11 heteroatoms. The van der Waals surface area contributed by atoms with Crippen molar-refractivity contribution in [2.75, 3.05) is 6.26 Å². The van der Waals surface area contributed by atoms with E-state index in [0.29, 0.717) is 0 Å². The Labute approximate surface area is 154 Å². The highest BCUT2D eigenvalue weighted by atomic mass is 35.5. The summed E-state index contributed by atoms with van der Waals surface area (Å²) in [5.74, 6) is -2.08. The zero-order valence-corrected chi connectivity index (χ0v) is 15.6. The summed E-state index contributed by atoms with van der Waals surface area (Å²) in [6.07, 6.45) is 3.29. The summed E-state index contributed by atoms with van der Waals surface area (Å²) < 4.78 is 48.6. The number of rotatable bonds is 6. The first-order chi connectivity index (χ1) is 12.0. The van der Waals surface area contributed by atoms with Crippen LogP contribution in [0.25, 0.3) is 0 Å². The Morgan fingerprint density at radius 1 is 1.27 bits per heavy atom. The number of ether oxygens (including phenoxy) is 2. The molecule has 1 aromatic carbocycles. The average Bonchev–Trinajstić information content (AvgIpc) is 2.50. The van der Waals surface area contributed by atoms with Crippen LogP contribution >= 0.6 is 11.6 Å². The molecule has 0 aliphatic rings. The van der Waals surface area contributed by atoms with Crippen LogP contribution in [0.2, 0.25) is 5.02 Å². The molecule has 0 saturated carbocycles. The van der Waals surface area contributed by atoms with Gasteiger partial charge in [0.2, 0.25) is 10.0 Å². The summed E-state index contributed by atoms with van der Waals surface area (Å²) in [5, 5.41) is -0.104. The normalized spacial score (nSPS) is 11.3. The number of sulfonamides is 1. The monoisotopic (exact) mass is 403 g/mol. The van der Waals surface area contributed by atoms with E-state index in [9.17, 15) is 17.6 Å². The van der Waals surface area contributed by atoms with Crippen LogP contribution in [0.15, 0.2) is 24.5 Å². The van der Waals surface area contributed by atoms with Crippen molar-refractivity contribution in [1.29, 1.82) is 0 Å². The number of nitrogens with one attached hydrogen (secondary N) is 1. The van der Waals surface area contributed by atoms with E-state index in [4.69, 9.17) is 21.1 Å². The number of halogens is 2. The summed E-state index contributed by atoms with van der Waals surface area (Å²) in [5.41, 5.74) is -0.537. The number of nitrogens with zero attached hydrogens (tertiary/aromatic N) is 2. The highest BCUT2D eigenvalue weighted by molar-refractivity contribution is 7.89. The minimum Gasteiger partial charge on any atom is -0.461 e.